The summed E-state index contributed by atoms with van der Waals surface area (Å²) in [7, 11) is 0. The van der Waals surface area contributed by atoms with Gasteiger partial charge >= 0.3 is 5.97 Å². The number of esters is 1. The van der Waals surface area contributed by atoms with E-state index in [-0.39, 0.29) is 12.4 Å². The van der Waals surface area contributed by atoms with Crippen LogP contribution < -0.4 is 0 Å². The van der Waals surface area contributed by atoms with Crippen molar-refractivity contribution >= 4 is 28.0 Å². The molecular formula is C28H21NO3. The van der Waals surface area contributed by atoms with E-state index in [9.17, 15) is 9.59 Å². The number of benzene rings is 3. The van der Waals surface area contributed by atoms with Crippen LogP contribution in [0.5, 0.6) is 0 Å². The quantitative estimate of drug-likeness (QED) is 0.253. The number of carbonyl (C=O) groups excluding carboxylic acids is 2. The molecule has 0 spiro atoms. The maximum absolute atomic E-state index is 13.9. The highest BCUT2D eigenvalue weighted by Crippen LogP contribution is 2.38. The Morgan fingerprint density at radius 3 is 2.19 bits per heavy atom. The number of rotatable bonds is 5. The van der Waals surface area contributed by atoms with Crippen LogP contribution in [0.25, 0.3) is 27.4 Å². The molecule has 2 aromatic heterocycles. The molecule has 5 rings (SSSR count). The van der Waals surface area contributed by atoms with Crippen LogP contribution in [0.1, 0.15) is 33.3 Å². The molecule has 0 amide bonds. The molecule has 4 heteroatoms. The van der Waals surface area contributed by atoms with Gasteiger partial charge in [0, 0.05) is 22.7 Å². The lowest BCUT2D eigenvalue weighted by Crippen LogP contribution is -2.09. The van der Waals surface area contributed by atoms with Crippen LogP contribution in [-0.4, -0.2) is 22.8 Å². The molecule has 0 aliphatic rings. The summed E-state index contributed by atoms with van der Waals surface area (Å²) in [5.74, 6) is -0.586. The second-order valence-corrected chi connectivity index (χ2v) is 7.50. The fourth-order valence-corrected chi connectivity index (χ4v) is 4.26. The molecule has 0 aliphatic heterocycles. The van der Waals surface area contributed by atoms with Gasteiger partial charge in [-0.1, -0.05) is 84.9 Å². The highest BCUT2D eigenvalue weighted by atomic mass is 16.5. The predicted octanol–water partition coefficient (Wildman–Crippen LogP) is 6.17. The van der Waals surface area contributed by atoms with E-state index in [2.05, 4.69) is 0 Å². The largest absolute Gasteiger partial charge is 0.461 e. The Morgan fingerprint density at radius 2 is 1.47 bits per heavy atom. The van der Waals surface area contributed by atoms with Gasteiger partial charge in [-0.2, -0.15) is 0 Å². The zero-order valence-electron chi connectivity index (χ0n) is 17.6. The lowest BCUT2D eigenvalue weighted by molar-refractivity contribution is 0.0519. The van der Waals surface area contributed by atoms with E-state index < -0.39 is 5.97 Å². The van der Waals surface area contributed by atoms with E-state index in [1.54, 1.807) is 23.5 Å². The number of fused-ring (bicyclic) bond motifs is 3. The number of hydrogen-bond donors (Lipinski definition) is 0. The smallest absolute Gasteiger partial charge is 0.355 e. The molecule has 4 nitrogen and oxygen atoms in total. The Bertz CT molecular complexity index is 1450. The molecule has 3 aromatic carbocycles. The van der Waals surface area contributed by atoms with Crippen molar-refractivity contribution in [1.82, 2.24) is 4.40 Å². The molecule has 0 bridgehead atoms. The summed E-state index contributed by atoms with van der Waals surface area (Å²) >= 11 is 0. The summed E-state index contributed by atoms with van der Waals surface area (Å²) in [6.45, 7) is 2.02. The van der Waals surface area contributed by atoms with Crippen LogP contribution in [0.2, 0.25) is 0 Å². The summed E-state index contributed by atoms with van der Waals surface area (Å²) in [5, 5.41) is 1.90. The third-order valence-electron chi connectivity index (χ3n) is 5.62. The molecule has 0 atom stereocenters. The second kappa shape index (κ2) is 8.16. The van der Waals surface area contributed by atoms with Crippen molar-refractivity contribution in [3.8, 4) is 11.1 Å². The molecule has 32 heavy (non-hydrogen) atoms. The van der Waals surface area contributed by atoms with Gasteiger partial charge in [0.1, 0.15) is 5.69 Å². The summed E-state index contributed by atoms with van der Waals surface area (Å²) in [6.07, 6.45) is 1.85. The van der Waals surface area contributed by atoms with Crippen molar-refractivity contribution in [3.05, 3.63) is 114 Å². The van der Waals surface area contributed by atoms with Gasteiger partial charge in [0.05, 0.1) is 17.7 Å². The molecule has 0 saturated carbocycles. The first kappa shape index (κ1) is 19.8. The lowest BCUT2D eigenvalue weighted by Gasteiger charge is -2.08. The Balaban J connectivity index is 1.97. The predicted molar refractivity (Wildman–Crippen MR) is 126 cm³/mol. The molecule has 0 unspecified atom stereocenters. The van der Waals surface area contributed by atoms with Crippen LogP contribution in [0, 0.1) is 0 Å². The Morgan fingerprint density at radius 1 is 0.812 bits per heavy atom. The minimum Gasteiger partial charge on any atom is -0.461 e. The van der Waals surface area contributed by atoms with Gasteiger partial charge in [-0.25, -0.2) is 4.79 Å². The summed E-state index contributed by atoms with van der Waals surface area (Å²) in [4.78, 5) is 27.1. The molecule has 0 aliphatic carbocycles. The molecule has 0 N–H and O–H groups in total. The number of nitrogens with zero attached hydrogens (tertiary/aromatic N) is 1. The average molecular weight is 419 g/mol. The normalized spacial score (nSPS) is 11.0. The molecule has 5 aromatic rings. The fraction of sp³-hybridized carbons (Fsp3) is 0.0714. The lowest BCUT2D eigenvalue weighted by atomic mass is 9.93. The Kier molecular flexibility index (Phi) is 5.04. The fourth-order valence-electron chi connectivity index (χ4n) is 4.26. The zero-order valence-corrected chi connectivity index (χ0v) is 17.6. The monoisotopic (exact) mass is 419 g/mol. The number of ketones is 1. The van der Waals surface area contributed by atoms with Crippen molar-refractivity contribution in [2.45, 2.75) is 6.92 Å². The van der Waals surface area contributed by atoms with Gasteiger partial charge in [0.15, 0.2) is 5.78 Å². The third-order valence-corrected chi connectivity index (χ3v) is 5.62. The van der Waals surface area contributed by atoms with Gasteiger partial charge < -0.3 is 9.14 Å². The number of ether oxygens (including phenoxy) is 1. The minimum absolute atomic E-state index is 0.131. The minimum atomic E-state index is -0.455. The highest BCUT2D eigenvalue weighted by molar-refractivity contribution is 6.23. The van der Waals surface area contributed by atoms with Crippen LogP contribution >= 0.6 is 0 Å². The number of aromatic nitrogens is 1. The van der Waals surface area contributed by atoms with E-state index in [4.69, 9.17) is 4.74 Å². The van der Waals surface area contributed by atoms with Crippen molar-refractivity contribution in [2.75, 3.05) is 6.61 Å². The Hall–Kier alpha value is -4.18. The van der Waals surface area contributed by atoms with Crippen molar-refractivity contribution < 1.29 is 14.3 Å². The first-order valence-corrected chi connectivity index (χ1v) is 10.6. The summed E-state index contributed by atoms with van der Waals surface area (Å²) in [5.41, 5.74) is 3.52. The van der Waals surface area contributed by atoms with E-state index in [0.717, 1.165) is 16.3 Å². The molecule has 0 saturated heterocycles. The van der Waals surface area contributed by atoms with Crippen LogP contribution in [0.15, 0.2) is 97.2 Å². The van der Waals surface area contributed by atoms with Crippen molar-refractivity contribution in [1.29, 1.82) is 0 Å². The van der Waals surface area contributed by atoms with Gasteiger partial charge in [-0.15, -0.1) is 0 Å². The van der Waals surface area contributed by atoms with Crippen molar-refractivity contribution in [3.63, 3.8) is 0 Å². The van der Waals surface area contributed by atoms with E-state index in [1.807, 2.05) is 85.1 Å². The number of hydrogen-bond acceptors (Lipinski definition) is 3. The number of carbonyl (C=O) groups is 2. The van der Waals surface area contributed by atoms with E-state index >= 15 is 0 Å². The standard InChI is InChI=1S/C28H21NO3/c1-2-32-28(31)26-23(20-12-5-3-6-13-20)24(27(30)21-14-7-4-8-15-21)25-22-16-10-9-11-19(22)17-18-29(25)26/h3-18H,2H2,1H3. The second-order valence-electron chi connectivity index (χ2n) is 7.50. The van der Waals surface area contributed by atoms with Gasteiger partial charge in [-0.05, 0) is 23.9 Å². The van der Waals surface area contributed by atoms with Crippen LogP contribution in [0.4, 0.5) is 0 Å². The first-order valence-electron chi connectivity index (χ1n) is 10.6. The zero-order chi connectivity index (χ0) is 22.1. The Labute approximate surface area is 185 Å². The molecular weight excluding hydrogens is 398 g/mol. The maximum atomic E-state index is 13.9. The van der Waals surface area contributed by atoms with Gasteiger partial charge in [0.2, 0.25) is 0 Å². The maximum Gasteiger partial charge on any atom is 0.355 e. The molecule has 156 valence electrons. The van der Waals surface area contributed by atoms with Gasteiger partial charge in [0.25, 0.3) is 0 Å². The first-order chi connectivity index (χ1) is 15.7. The summed E-state index contributed by atoms with van der Waals surface area (Å²) in [6, 6.07) is 28.6. The van der Waals surface area contributed by atoms with E-state index in [1.165, 1.54) is 0 Å². The third kappa shape index (κ3) is 3.17. The molecule has 0 radical (unpaired) electrons. The SMILES string of the molecule is CCOC(=O)c1c(-c2ccccc2)c(C(=O)c2ccccc2)c2c3ccccc3ccn12. The van der Waals surface area contributed by atoms with Crippen LogP contribution in [-0.2, 0) is 4.74 Å². The summed E-state index contributed by atoms with van der Waals surface area (Å²) < 4.78 is 7.24. The molecule has 0 fully saturated rings. The topological polar surface area (TPSA) is 47.8 Å². The van der Waals surface area contributed by atoms with Crippen molar-refractivity contribution in [2.24, 2.45) is 0 Å². The van der Waals surface area contributed by atoms with E-state index in [0.29, 0.717) is 27.9 Å². The molecule has 2 heterocycles. The number of pyridine rings is 1. The van der Waals surface area contributed by atoms with Crippen LogP contribution in [0.3, 0.4) is 0 Å². The highest BCUT2D eigenvalue weighted by Gasteiger charge is 2.30. The van der Waals surface area contributed by atoms with Gasteiger partial charge in [-0.3, -0.25) is 4.79 Å². The average Bonchev–Trinajstić information content (AvgIpc) is 3.20.